The topological polar surface area (TPSA) is 16.4 Å². The lowest BCUT2D eigenvalue weighted by Gasteiger charge is -2.27. The minimum Gasteiger partial charge on any atom is -0.455 e. The van der Waals surface area contributed by atoms with Gasteiger partial charge < -0.3 is 9.32 Å². The Balaban J connectivity index is 1.27. The molecule has 0 aliphatic rings. The van der Waals surface area contributed by atoms with Crippen molar-refractivity contribution in [1.82, 2.24) is 0 Å². The number of rotatable bonds is 4. The molecule has 47 heavy (non-hydrogen) atoms. The van der Waals surface area contributed by atoms with Crippen LogP contribution in [0.25, 0.3) is 74.8 Å². The van der Waals surface area contributed by atoms with Crippen LogP contribution in [0.5, 0.6) is 0 Å². The maximum absolute atomic E-state index is 6.67. The normalized spacial score (nSPS) is 11.8. The van der Waals surface area contributed by atoms with E-state index in [1.807, 2.05) is 11.3 Å². The van der Waals surface area contributed by atoms with Gasteiger partial charge in [0.2, 0.25) is 0 Å². The molecule has 0 bridgehead atoms. The second-order valence-corrected chi connectivity index (χ2v) is 13.2. The molecule has 0 amide bonds. The van der Waals surface area contributed by atoms with Crippen molar-refractivity contribution in [2.45, 2.75) is 0 Å². The Labute approximate surface area is 275 Å². The number of hydrogen-bond acceptors (Lipinski definition) is 3. The van der Waals surface area contributed by atoms with Crippen molar-refractivity contribution in [2.75, 3.05) is 4.90 Å². The van der Waals surface area contributed by atoms with Crippen LogP contribution >= 0.6 is 11.3 Å². The van der Waals surface area contributed by atoms with E-state index in [1.165, 1.54) is 47.5 Å². The summed E-state index contributed by atoms with van der Waals surface area (Å²) in [6.45, 7) is 0. The largest absolute Gasteiger partial charge is 0.455 e. The fourth-order valence-electron chi connectivity index (χ4n) is 7.23. The zero-order valence-electron chi connectivity index (χ0n) is 25.4. The van der Waals surface area contributed by atoms with Gasteiger partial charge in [-0.1, -0.05) is 115 Å². The van der Waals surface area contributed by atoms with Crippen molar-refractivity contribution >= 4 is 92.1 Å². The van der Waals surface area contributed by atoms with Crippen LogP contribution in [0.15, 0.2) is 168 Å². The molecule has 0 N–H and O–H groups in total. The third kappa shape index (κ3) is 4.10. The molecule has 2 heterocycles. The predicted molar refractivity (Wildman–Crippen MR) is 202 cm³/mol. The summed E-state index contributed by atoms with van der Waals surface area (Å²) >= 11 is 1.86. The van der Waals surface area contributed by atoms with Gasteiger partial charge in [0.15, 0.2) is 0 Å². The molecule has 0 aliphatic heterocycles. The smallest absolute Gasteiger partial charge is 0.143 e. The van der Waals surface area contributed by atoms with E-state index in [0.717, 1.165) is 44.4 Å². The van der Waals surface area contributed by atoms with Crippen LogP contribution < -0.4 is 4.90 Å². The molecule has 0 saturated carbocycles. The SMILES string of the molecule is c1cc(-c2ccc3ccccc3c2)cc(N(c2cccc3c2sc2ccccc23)c2cccc3oc4c5ccccc5ccc4c23)c1. The lowest BCUT2D eigenvalue weighted by Crippen LogP contribution is -2.10. The average Bonchev–Trinajstić information content (AvgIpc) is 3.72. The lowest BCUT2D eigenvalue weighted by molar-refractivity contribution is 0.672. The molecular formula is C44H27NOS. The molecule has 8 aromatic carbocycles. The lowest BCUT2D eigenvalue weighted by atomic mass is 10.00. The number of thiophene rings is 1. The number of fused-ring (bicyclic) bond motifs is 9. The summed E-state index contributed by atoms with van der Waals surface area (Å²) in [6, 6.07) is 59.0. The maximum Gasteiger partial charge on any atom is 0.143 e. The number of furan rings is 1. The van der Waals surface area contributed by atoms with Crippen LogP contribution in [0, 0.1) is 0 Å². The average molecular weight is 618 g/mol. The Kier molecular flexibility index (Phi) is 5.78. The summed E-state index contributed by atoms with van der Waals surface area (Å²) in [5.74, 6) is 0. The van der Waals surface area contributed by atoms with Crippen LogP contribution in [0.1, 0.15) is 0 Å². The minimum atomic E-state index is 0.882. The fourth-order valence-corrected chi connectivity index (χ4v) is 8.44. The molecule has 0 aliphatic carbocycles. The van der Waals surface area contributed by atoms with Crippen molar-refractivity contribution in [1.29, 1.82) is 0 Å². The Morgan fingerprint density at radius 2 is 1.15 bits per heavy atom. The van der Waals surface area contributed by atoms with E-state index in [4.69, 9.17) is 4.42 Å². The Morgan fingerprint density at radius 1 is 0.447 bits per heavy atom. The van der Waals surface area contributed by atoms with E-state index in [1.54, 1.807) is 0 Å². The molecule has 2 nitrogen and oxygen atoms in total. The molecule has 0 saturated heterocycles. The van der Waals surface area contributed by atoms with Gasteiger partial charge in [0.05, 0.1) is 21.5 Å². The van der Waals surface area contributed by atoms with E-state index < -0.39 is 0 Å². The van der Waals surface area contributed by atoms with Gasteiger partial charge in [0.1, 0.15) is 11.2 Å². The van der Waals surface area contributed by atoms with E-state index in [-0.39, 0.29) is 0 Å². The number of benzene rings is 8. The van der Waals surface area contributed by atoms with Gasteiger partial charge in [0.25, 0.3) is 0 Å². The van der Waals surface area contributed by atoms with Crippen LogP contribution in [-0.2, 0) is 0 Å². The van der Waals surface area contributed by atoms with Gasteiger partial charge in [-0.3, -0.25) is 0 Å². The summed E-state index contributed by atoms with van der Waals surface area (Å²) in [5, 5.41) is 9.59. The van der Waals surface area contributed by atoms with Crippen LogP contribution in [-0.4, -0.2) is 0 Å². The van der Waals surface area contributed by atoms with E-state index in [9.17, 15) is 0 Å². The summed E-state index contributed by atoms with van der Waals surface area (Å²) < 4.78 is 9.23. The molecule has 0 radical (unpaired) electrons. The zero-order chi connectivity index (χ0) is 30.9. The van der Waals surface area contributed by atoms with Crippen LogP contribution in [0.3, 0.4) is 0 Å². The molecule has 0 atom stereocenters. The van der Waals surface area contributed by atoms with E-state index in [2.05, 4.69) is 169 Å². The first-order chi connectivity index (χ1) is 23.3. The van der Waals surface area contributed by atoms with Gasteiger partial charge in [-0.2, -0.15) is 0 Å². The summed E-state index contributed by atoms with van der Waals surface area (Å²) in [7, 11) is 0. The molecule has 0 unspecified atom stereocenters. The second-order valence-electron chi connectivity index (χ2n) is 12.1. The predicted octanol–water partition coefficient (Wildman–Crippen LogP) is 13.4. The van der Waals surface area contributed by atoms with Crippen molar-refractivity contribution < 1.29 is 4.42 Å². The zero-order valence-corrected chi connectivity index (χ0v) is 26.2. The molecule has 0 fully saturated rings. The highest BCUT2D eigenvalue weighted by Gasteiger charge is 2.23. The van der Waals surface area contributed by atoms with Gasteiger partial charge in [-0.15, -0.1) is 11.3 Å². The highest BCUT2D eigenvalue weighted by molar-refractivity contribution is 7.26. The molecule has 220 valence electrons. The molecular weight excluding hydrogens is 591 g/mol. The Bertz CT molecular complexity index is 2820. The maximum atomic E-state index is 6.67. The second kappa shape index (κ2) is 10.3. The quantitative estimate of drug-likeness (QED) is 0.195. The minimum absolute atomic E-state index is 0.882. The molecule has 0 spiro atoms. The summed E-state index contributed by atoms with van der Waals surface area (Å²) in [6.07, 6.45) is 0. The molecule has 10 aromatic rings. The first kappa shape index (κ1) is 26.3. The van der Waals surface area contributed by atoms with Crippen molar-refractivity contribution in [2.24, 2.45) is 0 Å². The molecule has 3 heteroatoms. The van der Waals surface area contributed by atoms with Crippen molar-refractivity contribution in [3.63, 3.8) is 0 Å². The van der Waals surface area contributed by atoms with Crippen molar-refractivity contribution in [3.8, 4) is 11.1 Å². The van der Waals surface area contributed by atoms with E-state index >= 15 is 0 Å². The standard InChI is InChI=1S/C44H27NOS/c1-2-12-30-26-32(23-22-28(30)10-1)31-13-7-14-33(27-31)45(39-19-8-17-36-35-16-5-6-21-41(35)47-44(36)39)38-18-9-20-40-42(38)37-25-24-29-11-3-4-15-34(29)43(37)46-40/h1-27H. The first-order valence-corrected chi connectivity index (χ1v) is 16.7. The monoisotopic (exact) mass is 617 g/mol. The third-order valence-electron chi connectivity index (χ3n) is 9.42. The highest BCUT2D eigenvalue weighted by atomic mass is 32.1. The van der Waals surface area contributed by atoms with Crippen molar-refractivity contribution in [3.05, 3.63) is 164 Å². The number of anilines is 3. The Morgan fingerprint density at radius 3 is 2.09 bits per heavy atom. The Hall–Kier alpha value is -5.90. The fraction of sp³-hybridized carbons (Fsp3) is 0. The first-order valence-electron chi connectivity index (χ1n) is 15.9. The van der Waals surface area contributed by atoms with E-state index in [0.29, 0.717) is 0 Å². The van der Waals surface area contributed by atoms with Gasteiger partial charge >= 0.3 is 0 Å². The van der Waals surface area contributed by atoms with Gasteiger partial charge in [-0.05, 0) is 75.8 Å². The summed E-state index contributed by atoms with van der Waals surface area (Å²) in [5.41, 5.74) is 7.53. The van der Waals surface area contributed by atoms with Crippen LogP contribution in [0.4, 0.5) is 17.1 Å². The van der Waals surface area contributed by atoms with Crippen LogP contribution in [0.2, 0.25) is 0 Å². The highest BCUT2D eigenvalue weighted by Crippen LogP contribution is 2.48. The molecule has 2 aromatic heterocycles. The number of hydrogen-bond donors (Lipinski definition) is 0. The third-order valence-corrected chi connectivity index (χ3v) is 10.6. The number of nitrogens with zero attached hydrogens (tertiary/aromatic N) is 1. The molecule has 10 rings (SSSR count). The van der Waals surface area contributed by atoms with Gasteiger partial charge in [0, 0.05) is 31.9 Å². The summed E-state index contributed by atoms with van der Waals surface area (Å²) in [4.78, 5) is 2.44. The van der Waals surface area contributed by atoms with Gasteiger partial charge in [-0.25, -0.2) is 0 Å².